The highest BCUT2D eigenvalue weighted by Gasteiger charge is 2.25. The highest BCUT2D eigenvalue weighted by molar-refractivity contribution is 5.95. The Kier molecular flexibility index (Phi) is 4.57. The van der Waals surface area contributed by atoms with Gasteiger partial charge in [0, 0.05) is 18.2 Å². The Hall–Kier alpha value is -2.44. The summed E-state index contributed by atoms with van der Waals surface area (Å²) < 4.78 is 0. The summed E-state index contributed by atoms with van der Waals surface area (Å²) in [6, 6.07) is 4.03. The molecule has 4 amide bonds. The third kappa shape index (κ3) is 5.15. The van der Waals surface area contributed by atoms with Crippen LogP contribution < -0.4 is 16.4 Å². The molecule has 1 aromatic heterocycles. The van der Waals surface area contributed by atoms with Crippen LogP contribution in [0, 0.1) is 0 Å². The van der Waals surface area contributed by atoms with Gasteiger partial charge in [-0.3, -0.25) is 19.9 Å². The lowest BCUT2D eigenvalue weighted by Crippen LogP contribution is -2.48. The standard InChI is InChI=1S/C12H16N4O3/c1-12(2,7-9(17)15-11(13)19)16-10(18)8-5-3-4-6-14-8/h3-6H,7H2,1-2H3,(H,16,18)(H3,13,15,17,19). The lowest BCUT2D eigenvalue weighted by molar-refractivity contribution is -0.121. The van der Waals surface area contributed by atoms with Gasteiger partial charge in [-0.15, -0.1) is 0 Å². The minimum Gasteiger partial charge on any atom is -0.351 e. The predicted octanol–water partition coefficient (Wildman–Crippen LogP) is 0.175. The van der Waals surface area contributed by atoms with E-state index in [0.29, 0.717) is 0 Å². The molecule has 0 fully saturated rings. The van der Waals surface area contributed by atoms with Crippen LogP contribution in [-0.2, 0) is 4.79 Å². The van der Waals surface area contributed by atoms with Crippen LogP contribution in [0.4, 0.5) is 4.79 Å². The summed E-state index contributed by atoms with van der Waals surface area (Å²) in [6.45, 7) is 3.32. The number of urea groups is 1. The Balaban J connectivity index is 2.62. The zero-order valence-electron chi connectivity index (χ0n) is 10.8. The highest BCUT2D eigenvalue weighted by Crippen LogP contribution is 2.09. The van der Waals surface area contributed by atoms with Crippen LogP contribution >= 0.6 is 0 Å². The summed E-state index contributed by atoms with van der Waals surface area (Å²) in [5.41, 5.74) is 4.27. The number of hydrogen-bond acceptors (Lipinski definition) is 4. The normalized spacial score (nSPS) is 10.6. The molecule has 0 saturated heterocycles. The maximum Gasteiger partial charge on any atom is 0.318 e. The zero-order valence-corrected chi connectivity index (χ0v) is 10.8. The molecular weight excluding hydrogens is 248 g/mol. The number of nitrogens with zero attached hydrogens (tertiary/aromatic N) is 1. The lowest BCUT2D eigenvalue weighted by atomic mass is 10.00. The van der Waals surface area contributed by atoms with E-state index in [4.69, 9.17) is 5.73 Å². The van der Waals surface area contributed by atoms with E-state index in [2.05, 4.69) is 10.3 Å². The Morgan fingerprint density at radius 3 is 2.53 bits per heavy atom. The number of primary amides is 1. The molecule has 7 heteroatoms. The summed E-state index contributed by atoms with van der Waals surface area (Å²) in [5, 5.41) is 4.61. The minimum absolute atomic E-state index is 0.0749. The van der Waals surface area contributed by atoms with Crippen LogP contribution in [0.25, 0.3) is 0 Å². The van der Waals surface area contributed by atoms with Crippen molar-refractivity contribution in [3.05, 3.63) is 30.1 Å². The number of hydrogen-bond donors (Lipinski definition) is 3. The van der Waals surface area contributed by atoms with Gasteiger partial charge in [0.15, 0.2) is 0 Å². The van der Waals surface area contributed by atoms with E-state index in [1.54, 1.807) is 32.0 Å². The van der Waals surface area contributed by atoms with Gasteiger partial charge in [-0.05, 0) is 26.0 Å². The van der Waals surface area contributed by atoms with Gasteiger partial charge in [0.1, 0.15) is 5.69 Å². The third-order valence-corrected chi connectivity index (χ3v) is 2.21. The molecular formula is C12H16N4O3. The van der Waals surface area contributed by atoms with E-state index < -0.39 is 23.4 Å². The van der Waals surface area contributed by atoms with Crippen LogP contribution in [0.3, 0.4) is 0 Å². The van der Waals surface area contributed by atoms with Gasteiger partial charge in [0.25, 0.3) is 5.91 Å². The molecule has 0 spiro atoms. The predicted molar refractivity (Wildman–Crippen MR) is 68.1 cm³/mol. The fourth-order valence-electron chi connectivity index (χ4n) is 1.50. The second-order valence-corrected chi connectivity index (χ2v) is 4.64. The molecule has 0 bridgehead atoms. The summed E-state index contributed by atoms with van der Waals surface area (Å²) in [5.74, 6) is -0.948. The lowest BCUT2D eigenvalue weighted by Gasteiger charge is -2.25. The van der Waals surface area contributed by atoms with Crippen molar-refractivity contribution in [2.75, 3.05) is 0 Å². The Bertz CT molecular complexity index is 485. The van der Waals surface area contributed by atoms with E-state index in [1.165, 1.54) is 6.20 Å². The van der Waals surface area contributed by atoms with Gasteiger partial charge < -0.3 is 11.1 Å². The molecule has 4 N–H and O–H groups in total. The van der Waals surface area contributed by atoms with E-state index >= 15 is 0 Å². The molecule has 19 heavy (non-hydrogen) atoms. The zero-order chi connectivity index (χ0) is 14.5. The van der Waals surface area contributed by atoms with E-state index in [-0.39, 0.29) is 12.1 Å². The third-order valence-electron chi connectivity index (χ3n) is 2.21. The molecule has 0 aliphatic heterocycles. The molecule has 0 unspecified atom stereocenters. The van der Waals surface area contributed by atoms with Crippen LogP contribution in [-0.4, -0.2) is 28.4 Å². The summed E-state index contributed by atoms with van der Waals surface area (Å²) in [7, 11) is 0. The first-order valence-electron chi connectivity index (χ1n) is 5.63. The molecule has 1 heterocycles. The van der Waals surface area contributed by atoms with Gasteiger partial charge in [0.05, 0.1) is 0 Å². The topological polar surface area (TPSA) is 114 Å². The quantitative estimate of drug-likeness (QED) is 0.719. The average molecular weight is 264 g/mol. The number of imide groups is 1. The molecule has 0 radical (unpaired) electrons. The summed E-state index contributed by atoms with van der Waals surface area (Å²) in [4.78, 5) is 37.7. The van der Waals surface area contributed by atoms with Gasteiger partial charge in [-0.2, -0.15) is 0 Å². The summed E-state index contributed by atoms with van der Waals surface area (Å²) >= 11 is 0. The second-order valence-electron chi connectivity index (χ2n) is 4.64. The first kappa shape index (κ1) is 14.6. The molecule has 102 valence electrons. The molecule has 1 rings (SSSR count). The smallest absolute Gasteiger partial charge is 0.318 e. The van der Waals surface area contributed by atoms with Crippen LogP contribution in [0.5, 0.6) is 0 Å². The van der Waals surface area contributed by atoms with Crippen molar-refractivity contribution in [2.24, 2.45) is 5.73 Å². The number of amides is 4. The van der Waals surface area contributed by atoms with Crippen molar-refractivity contribution >= 4 is 17.8 Å². The van der Waals surface area contributed by atoms with E-state index in [0.717, 1.165) is 0 Å². The second kappa shape index (κ2) is 5.94. The number of nitrogens with two attached hydrogens (primary N) is 1. The van der Waals surface area contributed by atoms with Crippen molar-refractivity contribution < 1.29 is 14.4 Å². The number of carbonyl (C=O) groups excluding carboxylic acids is 3. The fraction of sp³-hybridized carbons (Fsp3) is 0.333. The number of aromatic nitrogens is 1. The number of pyridine rings is 1. The first-order valence-corrected chi connectivity index (χ1v) is 5.63. The van der Waals surface area contributed by atoms with Crippen molar-refractivity contribution in [1.29, 1.82) is 0 Å². The van der Waals surface area contributed by atoms with E-state index in [9.17, 15) is 14.4 Å². The van der Waals surface area contributed by atoms with Crippen LogP contribution in [0.15, 0.2) is 24.4 Å². The maximum absolute atomic E-state index is 11.9. The molecule has 0 aromatic carbocycles. The van der Waals surface area contributed by atoms with Gasteiger partial charge in [-0.25, -0.2) is 4.79 Å². The number of carbonyl (C=O) groups is 3. The SMILES string of the molecule is CC(C)(CC(=O)NC(N)=O)NC(=O)c1ccccn1. The summed E-state index contributed by atoms with van der Waals surface area (Å²) in [6.07, 6.45) is 1.43. The minimum atomic E-state index is -0.920. The maximum atomic E-state index is 11.9. The van der Waals surface area contributed by atoms with E-state index in [1.807, 2.05) is 5.32 Å². The van der Waals surface area contributed by atoms with Crippen molar-refractivity contribution in [2.45, 2.75) is 25.8 Å². The molecule has 0 aliphatic carbocycles. The Labute approximate surface area is 110 Å². The van der Waals surface area contributed by atoms with Gasteiger partial charge >= 0.3 is 6.03 Å². The molecule has 0 saturated carbocycles. The van der Waals surface area contributed by atoms with Crippen molar-refractivity contribution in [3.63, 3.8) is 0 Å². The number of rotatable bonds is 4. The average Bonchev–Trinajstić information content (AvgIpc) is 2.27. The molecule has 0 aliphatic rings. The van der Waals surface area contributed by atoms with Crippen LogP contribution in [0.2, 0.25) is 0 Å². The van der Waals surface area contributed by atoms with Crippen molar-refractivity contribution in [1.82, 2.24) is 15.6 Å². The fourth-order valence-corrected chi connectivity index (χ4v) is 1.50. The molecule has 7 nitrogen and oxygen atoms in total. The van der Waals surface area contributed by atoms with Crippen molar-refractivity contribution in [3.8, 4) is 0 Å². The van der Waals surface area contributed by atoms with Crippen LogP contribution in [0.1, 0.15) is 30.8 Å². The monoisotopic (exact) mass is 264 g/mol. The highest BCUT2D eigenvalue weighted by atomic mass is 16.2. The largest absolute Gasteiger partial charge is 0.351 e. The molecule has 0 atom stereocenters. The first-order chi connectivity index (χ1) is 8.80. The van der Waals surface area contributed by atoms with Gasteiger partial charge in [0.2, 0.25) is 5.91 Å². The molecule has 1 aromatic rings. The number of nitrogens with one attached hydrogen (secondary N) is 2. The Morgan fingerprint density at radius 1 is 1.32 bits per heavy atom. The Morgan fingerprint density at radius 2 is 2.00 bits per heavy atom. The van der Waals surface area contributed by atoms with Gasteiger partial charge in [-0.1, -0.05) is 6.07 Å².